The molecule has 0 aliphatic heterocycles. The van der Waals surface area contributed by atoms with E-state index in [9.17, 15) is 8.42 Å². The summed E-state index contributed by atoms with van der Waals surface area (Å²) < 4.78 is 28.0. The van der Waals surface area contributed by atoms with E-state index in [1.54, 1.807) is 4.68 Å². The largest absolute Gasteiger partial charge is 0.381 e. The van der Waals surface area contributed by atoms with Crippen LogP contribution in [0, 0.1) is 0 Å². The van der Waals surface area contributed by atoms with Crippen LogP contribution in [0.2, 0.25) is 0 Å². The van der Waals surface area contributed by atoms with E-state index < -0.39 is 10.0 Å². The molecule has 0 bridgehead atoms. The fourth-order valence-electron chi connectivity index (χ4n) is 1.49. The zero-order chi connectivity index (χ0) is 13.6. The number of nitrogen functional groups attached to an aromatic ring is 1. The number of sulfonamides is 1. The van der Waals surface area contributed by atoms with E-state index in [1.807, 2.05) is 26.0 Å². The fourth-order valence-corrected chi connectivity index (χ4v) is 2.61. The summed E-state index contributed by atoms with van der Waals surface area (Å²) in [5.74, 6) is 0.0435. The van der Waals surface area contributed by atoms with Crippen molar-refractivity contribution in [3.05, 3.63) is 18.3 Å². The lowest BCUT2D eigenvalue weighted by Gasteiger charge is -2.03. The lowest BCUT2D eigenvalue weighted by atomic mass is 10.4. The first-order valence-corrected chi connectivity index (χ1v) is 7.43. The third kappa shape index (κ3) is 3.85. The number of hydrogen-bond acceptors (Lipinski definition) is 4. The van der Waals surface area contributed by atoms with Crippen LogP contribution in [0.15, 0.2) is 23.2 Å². The van der Waals surface area contributed by atoms with Crippen molar-refractivity contribution < 1.29 is 8.42 Å². The first kappa shape index (κ1) is 14.7. The van der Waals surface area contributed by atoms with Gasteiger partial charge in [-0.2, -0.15) is 5.10 Å². The van der Waals surface area contributed by atoms with Gasteiger partial charge in [0, 0.05) is 19.3 Å². The van der Waals surface area contributed by atoms with Crippen LogP contribution in [-0.4, -0.2) is 24.7 Å². The Labute approximate surface area is 108 Å². The van der Waals surface area contributed by atoms with Crippen LogP contribution >= 0.6 is 0 Å². The van der Waals surface area contributed by atoms with E-state index in [-0.39, 0.29) is 10.7 Å². The minimum atomic E-state index is -3.56. The van der Waals surface area contributed by atoms with Gasteiger partial charge in [0.1, 0.15) is 4.90 Å². The van der Waals surface area contributed by atoms with Crippen LogP contribution in [0.3, 0.4) is 0 Å². The van der Waals surface area contributed by atoms with E-state index >= 15 is 0 Å². The Morgan fingerprint density at radius 3 is 2.89 bits per heavy atom. The lowest BCUT2D eigenvalue weighted by molar-refractivity contribution is 0.580. The van der Waals surface area contributed by atoms with Gasteiger partial charge in [-0.15, -0.1) is 0 Å². The summed E-state index contributed by atoms with van der Waals surface area (Å²) >= 11 is 0. The molecule has 7 heteroatoms. The molecule has 3 N–H and O–H groups in total. The van der Waals surface area contributed by atoms with E-state index in [1.165, 1.54) is 6.20 Å². The average Bonchev–Trinajstić information content (AvgIpc) is 2.67. The number of aromatic nitrogens is 2. The van der Waals surface area contributed by atoms with Gasteiger partial charge in [-0.1, -0.05) is 19.1 Å². The van der Waals surface area contributed by atoms with Crippen molar-refractivity contribution in [2.75, 3.05) is 12.3 Å². The summed E-state index contributed by atoms with van der Waals surface area (Å²) in [7, 11) is -3.56. The molecule has 0 amide bonds. The van der Waals surface area contributed by atoms with Crippen molar-refractivity contribution in [3.63, 3.8) is 0 Å². The predicted molar refractivity (Wildman–Crippen MR) is 71.5 cm³/mol. The summed E-state index contributed by atoms with van der Waals surface area (Å²) in [6.45, 7) is 4.88. The van der Waals surface area contributed by atoms with Gasteiger partial charge in [-0.3, -0.25) is 4.68 Å². The minimum Gasteiger partial charge on any atom is -0.381 e. The molecule has 1 aromatic heterocycles. The maximum Gasteiger partial charge on any atom is 0.245 e. The molecular formula is C11H20N4O2S. The number of allylic oxidation sites excluding steroid dienone is 1. The average molecular weight is 272 g/mol. The molecule has 6 nitrogen and oxygen atoms in total. The van der Waals surface area contributed by atoms with Gasteiger partial charge in [-0.05, 0) is 19.8 Å². The van der Waals surface area contributed by atoms with Crippen molar-refractivity contribution in [2.45, 2.75) is 38.1 Å². The van der Waals surface area contributed by atoms with Crippen LogP contribution in [0.4, 0.5) is 5.82 Å². The Bertz CT molecular complexity index is 505. The van der Waals surface area contributed by atoms with E-state index in [2.05, 4.69) is 9.82 Å². The maximum absolute atomic E-state index is 12.0. The summed E-state index contributed by atoms with van der Waals surface area (Å²) in [5.41, 5.74) is 5.62. The summed E-state index contributed by atoms with van der Waals surface area (Å²) in [6, 6.07) is 0. The molecule has 0 radical (unpaired) electrons. The second-order valence-electron chi connectivity index (χ2n) is 3.90. The van der Waals surface area contributed by atoms with Gasteiger partial charge < -0.3 is 5.73 Å². The maximum atomic E-state index is 12.0. The number of nitrogens with two attached hydrogens (primary N) is 1. The first-order chi connectivity index (χ1) is 8.51. The highest BCUT2D eigenvalue weighted by Crippen LogP contribution is 2.16. The molecule has 1 aromatic rings. The Morgan fingerprint density at radius 1 is 1.56 bits per heavy atom. The quantitative estimate of drug-likeness (QED) is 0.575. The van der Waals surface area contributed by atoms with Crippen molar-refractivity contribution in [2.24, 2.45) is 0 Å². The molecule has 0 aliphatic rings. The van der Waals surface area contributed by atoms with Crippen molar-refractivity contribution in [1.82, 2.24) is 14.5 Å². The Hall–Kier alpha value is -1.34. The number of nitrogens with zero attached hydrogens (tertiary/aromatic N) is 2. The molecule has 1 rings (SSSR count). The highest BCUT2D eigenvalue weighted by molar-refractivity contribution is 7.89. The molecule has 0 aliphatic carbocycles. The third-order valence-electron chi connectivity index (χ3n) is 2.34. The monoisotopic (exact) mass is 272 g/mol. The molecule has 18 heavy (non-hydrogen) atoms. The highest BCUT2D eigenvalue weighted by atomic mass is 32.2. The number of anilines is 1. The third-order valence-corrected chi connectivity index (χ3v) is 3.81. The first-order valence-electron chi connectivity index (χ1n) is 5.95. The summed E-state index contributed by atoms with van der Waals surface area (Å²) in [4.78, 5) is 0.0522. The molecule has 0 aromatic carbocycles. The summed E-state index contributed by atoms with van der Waals surface area (Å²) in [6.07, 6.45) is 6.76. The second-order valence-corrected chi connectivity index (χ2v) is 5.63. The lowest BCUT2D eigenvalue weighted by Crippen LogP contribution is -2.24. The van der Waals surface area contributed by atoms with Gasteiger partial charge in [-0.25, -0.2) is 13.1 Å². The van der Waals surface area contributed by atoms with Crippen molar-refractivity contribution in [1.29, 1.82) is 0 Å². The number of rotatable bonds is 7. The van der Waals surface area contributed by atoms with Crippen LogP contribution < -0.4 is 10.5 Å². The van der Waals surface area contributed by atoms with Gasteiger partial charge in [0.2, 0.25) is 10.0 Å². The summed E-state index contributed by atoms with van der Waals surface area (Å²) in [5, 5.41) is 3.97. The molecule has 0 spiro atoms. The molecular weight excluding hydrogens is 252 g/mol. The topological polar surface area (TPSA) is 90.0 Å². The number of aryl methyl sites for hydroxylation is 1. The molecule has 0 unspecified atom stereocenters. The van der Waals surface area contributed by atoms with Crippen LogP contribution in [-0.2, 0) is 16.6 Å². The van der Waals surface area contributed by atoms with Crippen molar-refractivity contribution in [3.8, 4) is 0 Å². The molecule has 1 heterocycles. The fraction of sp³-hybridized carbons (Fsp3) is 0.545. The smallest absolute Gasteiger partial charge is 0.245 e. The number of nitrogens with one attached hydrogen (secondary N) is 1. The standard InChI is InChI=1S/C11H20N4O2S/c1-3-5-6-7-13-18(16,17)10-9-15(8-4-2)14-11(10)12/h3,5,9,13H,4,6-8H2,1-2H3,(H2,12,14)/b5-3+. The van der Waals surface area contributed by atoms with Gasteiger partial charge in [0.25, 0.3) is 0 Å². The van der Waals surface area contributed by atoms with Crippen LogP contribution in [0.1, 0.15) is 26.7 Å². The van der Waals surface area contributed by atoms with Crippen LogP contribution in [0.5, 0.6) is 0 Å². The Kier molecular flexibility index (Phi) is 5.36. The molecule has 0 atom stereocenters. The van der Waals surface area contributed by atoms with E-state index in [4.69, 9.17) is 5.73 Å². The Morgan fingerprint density at radius 2 is 2.28 bits per heavy atom. The van der Waals surface area contributed by atoms with Gasteiger partial charge in [0.05, 0.1) is 0 Å². The molecule has 102 valence electrons. The van der Waals surface area contributed by atoms with Gasteiger partial charge >= 0.3 is 0 Å². The second kappa shape index (κ2) is 6.55. The predicted octanol–water partition coefficient (Wildman–Crippen LogP) is 1.12. The SMILES string of the molecule is C/C=C/CCNS(=O)(=O)c1cn(CCC)nc1N. The highest BCUT2D eigenvalue weighted by Gasteiger charge is 2.20. The molecule has 0 saturated heterocycles. The van der Waals surface area contributed by atoms with Gasteiger partial charge in [0.15, 0.2) is 5.82 Å². The molecule has 0 fully saturated rings. The minimum absolute atomic E-state index is 0.0435. The normalized spacial score (nSPS) is 12.3. The van der Waals surface area contributed by atoms with Crippen molar-refractivity contribution >= 4 is 15.8 Å². The zero-order valence-electron chi connectivity index (χ0n) is 10.8. The number of hydrogen-bond donors (Lipinski definition) is 2. The van der Waals surface area contributed by atoms with E-state index in [0.29, 0.717) is 19.5 Å². The van der Waals surface area contributed by atoms with E-state index in [0.717, 1.165) is 6.42 Å². The Balaban J connectivity index is 2.77. The molecule has 0 saturated carbocycles. The van der Waals surface area contributed by atoms with Crippen LogP contribution in [0.25, 0.3) is 0 Å². The zero-order valence-corrected chi connectivity index (χ0v) is 11.6.